The Morgan fingerprint density at radius 1 is 1.56 bits per heavy atom. The molecule has 0 aliphatic heterocycles. The monoisotopic (exact) mass is 252 g/mol. The van der Waals surface area contributed by atoms with E-state index in [1.165, 1.54) is 12.3 Å². The van der Waals surface area contributed by atoms with E-state index in [-0.39, 0.29) is 17.2 Å². The van der Waals surface area contributed by atoms with E-state index in [2.05, 4.69) is 15.6 Å². The molecule has 1 atom stereocenters. The zero-order valence-electron chi connectivity index (χ0n) is 10.2. The number of aromatic carboxylic acids is 1. The van der Waals surface area contributed by atoms with Gasteiger partial charge in [0.15, 0.2) is 0 Å². The molecule has 0 saturated heterocycles. The van der Waals surface area contributed by atoms with Gasteiger partial charge in [-0.1, -0.05) is 0 Å². The van der Waals surface area contributed by atoms with Crippen molar-refractivity contribution in [1.29, 1.82) is 0 Å². The van der Waals surface area contributed by atoms with E-state index in [1.807, 2.05) is 6.92 Å². The summed E-state index contributed by atoms with van der Waals surface area (Å²) in [6.07, 6.45) is 1.19. The fourth-order valence-corrected chi connectivity index (χ4v) is 1.32. The number of nitrogens with two attached hydrogens (primary N) is 1. The Morgan fingerprint density at radius 2 is 2.22 bits per heavy atom. The average molecular weight is 252 g/mol. The van der Waals surface area contributed by atoms with E-state index in [0.29, 0.717) is 12.4 Å². The lowest BCUT2D eigenvalue weighted by Crippen LogP contribution is -2.37. The summed E-state index contributed by atoms with van der Waals surface area (Å²) in [5.41, 5.74) is 5.85. The lowest BCUT2D eigenvalue weighted by molar-refractivity contribution is -0.121. The molecule has 1 rings (SSSR count). The molecule has 0 bridgehead atoms. The van der Waals surface area contributed by atoms with Gasteiger partial charge < -0.3 is 21.5 Å². The molecule has 1 unspecified atom stereocenters. The van der Waals surface area contributed by atoms with Crippen molar-refractivity contribution >= 4 is 23.4 Å². The van der Waals surface area contributed by atoms with Crippen LogP contribution in [0, 0.1) is 0 Å². The molecule has 98 valence electrons. The van der Waals surface area contributed by atoms with Crippen LogP contribution in [0.1, 0.15) is 24.2 Å². The molecule has 5 N–H and O–H groups in total. The highest BCUT2D eigenvalue weighted by molar-refractivity contribution is 5.90. The second-order valence-electron chi connectivity index (χ2n) is 3.73. The van der Waals surface area contributed by atoms with Crippen molar-refractivity contribution in [2.24, 2.45) is 0 Å². The Kier molecular flexibility index (Phi) is 4.47. The molecule has 7 nitrogen and oxygen atoms in total. The minimum Gasteiger partial charge on any atom is -0.478 e. The van der Waals surface area contributed by atoms with Crippen molar-refractivity contribution in [1.82, 2.24) is 10.3 Å². The molecule has 1 heterocycles. The van der Waals surface area contributed by atoms with Gasteiger partial charge in [-0.25, -0.2) is 9.78 Å². The molecule has 18 heavy (non-hydrogen) atoms. The molecular formula is C11H16N4O3. The summed E-state index contributed by atoms with van der Waals surface area (Å²) in [4.78, 5) is 26.1. The third-order valence-corrected chi connectivity index (χ3v) is 2.26. The first-order valence-electron chi connectivity index (χ1n) is 5.48. The predicted octanol–water partition coefficient (Wildman–Crippen LogP) is 0.298. The van der Waals surface area contributed by atoms with Gasteiger partial charge in [-0.05, 0) is 19.9 Å². The first kappa shape index (κ1) is 13.8. The number of pyridine rings is 1. The smallest absolute Gasteiger partial charge is 0.337 e. The molecule has 0 radical (unpaired) electrons. The molecule has 0 aromatic carbocycles. The highest BCUT2D eigenvalue weighted by Crippen LogP contribution is 2.17. The molecule has 0 fully saturated rings. The van der Waals surface area contributed by atoms with E-state index < -0.39 is 12.0 Å². The highest BCUT2D eigenvalue weighted by Gasteiger charge is 2.14. The number of carbonyl (C=O) groups is 2. The molecule has 0 aliphatic carbocycles. The van der Waals surface area contributed by atoms with Gasteiger partial charge in [0.1, 0.15) is 11.9 Å². The normalized spacial score (nSPS) is 11.7. The molecule has 1 amide bonds. The molecule has 0 aliphatic rings. The van der Waals surface area contributed by atoms with Crippen molar-refractivity contribution in [3.05, 3.63) is 17.8 Å². The van der Waals surface area contributed by atoms with Gasteiger partial charge >= 0.3 is 5.97 Å². The van der Waals surface area contributed by atoms with Gasteiger partial charge in [-0.2, -0.15) is 0 Å². The topological polar surface area (TPSA) is 117 Å². The van der Waals surface area contributed by atoms with Crippen LogP contribution in [-0.2, 0) is 4.79 Å². The second-order valence-corrected chi connectivity index (χ2v) is 3.73. The average Bonchev–Trinajstić information content (AvgIpc) is 2.31. The van der Waals surface area contributed by atoms with Crippen molar-refractivity contribution in [3.63, 3.8) is 0 Å². The Hall–Kier alpha value is -2.31. The first-order valence-corrected chi connectivity index (χ1v) is 5.48. The number of nitrogens with one attached hydrogen (secondary N) is 2. The van der Waals surface area contributed by atoms with Gasteiger partial charge in [0.2, 0.25) is 5.91 Å². The molecule has 1 aromatic heterocycles. The van der Waals surface area contributed by atoms with Gasteiger partial charge in [0.25, 0.3) is 0 Å². The van der Waals surface area contributed by atoms with E-state index in [9.17, 15) is 9.59 Å². The summed E-state index contributed by atoms with van der Waals surface area (Å²) in [6.45, 7) is 4.02. The minimum absolute atomic E-state index is 0.00344. The van der Waals surface area contributed by atoms with Crippen LogP contribution in [0.5, 0.6) is 0 Å². The maximum Gasteiger partial charge on any atom is 0.337 e. The third kappa shape index (κ3) is 3.34. The zero-order valence-corrected chi connectivity index (χ0v) is 10.2. The maximum atomic E-state index is 11.5. The molecule has 7 heteroatoms. The lowest BCUT2D eigenvalue weighted by atomic mass is 10.2. The number of hydrogen-bond donors (Lipinski definition) is 4. The van der Waals surface area contributed by atoms with Gasteiger partial charge in [-0.3, -0.25) is 4.79 Å². The highest BCUT2D eigenvalue weighted by atomic mass is 16.4. The van der Waals surface area contributed by atoms with Crippen LogP contribution in [0.15, 0.2) is 12.3 Å². The summed E-state index contributed by atoms with van der Waals surface area (Å²) in [5, 5.41) is 14.2. The number of likely N-dealkylation sites (N-methyl/N-ethyl adjacent to an activating group) is 1. The minimum atomic E-state index is -1.10. The summed E-state index contributed by atoms with van der Waals surface area (Å²) in [6, 6.07) is 0.790. The number of anilines is 2. The first-order chi connectivity index (χ1) is 8.45. The molecule has 0 spiro atoms. The number of carboxylic acids is 1. The Labute approximate surface area is 104 Å². The Bertz CT molecular complexity index is 462. The zero-order chi connectivity index (χ0) is 13.7. The number of nitrogen functional groups attached to an aromatic ring is 1. The van der Waals surface area contributed by atoms with Crippen LogP contribution < -0.4 is 16.4 Å². The number of nitrogens with zero attached hydrogens (tertiary/aromatic N) is 1. The van der Waals surface area contributed by atoms with Crippen LogP contribution in [0.2, 0.25) is 0 Å². The Balaban J connectivity index is 2.79. The van der Waals surface area contributed by atoms with Crippen molar-refractivity contribution in [2.75, 3.05) is 17.6 Å². The quantitative estimate of drug-likeness (QED) is 0.598. The van der Waals surface area contributed by atoms with Crippen molar-refractivity contribution in [3.8, 4) is 0 Å². The second kappa shape index (κ2) is 5.85. The van der Waals surface area contributed by atoms with Crippen molar-refractivity contribution < 1.29 is 14.7 Å². The summed E-state index contributed by atoms with van der Waals surface area (Å²) < 4.78 is 0. The van der Waals surface area contributed by atoms with Crippen LogP contribution in [0.25, 0.3) is 0 Å². The standard InChI is InChI=1S/C11H16N4O3/c1-3-13-10(16)6(2)15-9-8(12)4-7(5-14-9)11(17)18/h4-6H,3,12H2,1-2H3,(H,13,16)(H,14,15)(H,17,18). The van der Waals surface area contributed by atoms with E-state index in [1.54, 1.807) is 6.92 Å². The van der Waals surface area contributed by atoms with Crippen LogP contribution in [0.4, 0.5) is 11.5 Å². The lowest BCUT2D eigenvalue weighted by Gasteiger charge is -2.15. The van der Waals surface area contributed by atoms with Crippen LogP contribution >= 0.6 is 0 Å². The molecule has 1 aromatic rings. The largest absolute Gasteiger partial charge is 0.478 e. The van der Waals surface area contributed by atoms with Gasteiger partial charge in [-0.15, -0.1) is 0 Å². The summed E-state index contributed by atoms with van der Waals surface area (Å²) in [7, 11) is 0. The third-order valence-electron chi connectivity index (χ3n) is 2.26. The molecule has 0 saturated carbocycles. The fourth-order valence-electron chi connectivity index (χ4n) is 1.32. The van der Waals surface area contributed by atoms with E-state index >= 15 is 0 Å². The van der Waals surface area contributed by atoms with E-state index in [4.69, 9.17) is 10.8 Å². The number of carbonyl (C=O) groups excluding carboxylic acids is 1. The van der Waals surface area contributed by atoms with E-state index in [0.717, 1.165) is 0 Å². The van der Waals surface area contributed by atoms with Gasteiger partial charge in [0, 0.05) is 12.7 Å². The van der Waals surface area contributed by atoms with Crippen LogP contribution in [-0.4, -0.2) is 34.6 Å². The fraction of sp³-hybridized carbons (Fsp3) is 0.364. The summed E-state index contributed by atoms with van der Waals surface area (Å²) in [5.74, 6) is -0.989. The SMILES string of the molecule is CCNC(=O)C(C)Nc1ncc(C(=O)O)cc1N. The Morgan fingerprint density at radius 3 is 2.72 bits per heavy atom. The number of hydrogen-bond acceptors (Lipinski definition) is 5. The van der Waals surface area contributed by atoms with Crippen molar-refractivity contribution in [2.45, 2.75) is 19.9 Å². The predicted molar refractivity (Wildman–Crippen MR) is 67.4 cm³/mol. The number of carboxylic acid groups (broad SMARTS) is 1. The number of amides is 1. The maximum absolute atomic E-state index is 11.5. The summed E-state index contributed by atoms with van der Waals surface area (Å²) >= 11 is 0. The molecular weight excluding hydrogens is 236 g/mol. The number of rotatable bonds is 5. The van der Waals surface area contributed by atoms with Crippen LogP contribution in [0.3, 0.4) is 0 Å². The number of aromatic nitrogens is 1. The van der Waals surface area contributed by atoms with Gasteiger partial charge in [0.05, 0.1) is 11.3 Å².